The molecule has 0 bridgehead atoms. The predicted molar refractivity (Wildman–Crippen MR) is 145 cm³/mol. The molecule has 1 aromatic heterocycles. The molecule has 0 aliphatic carbocycles. The minimum atomic E-state index is -0.789. The molecule has 4 rings (SSSR count). The van der Waals surface area contributed by atoms with Crippen molar-refractivity contribution < 1.29 is 9.59 Å². The van der Waals surface area contributed by atoms with Crippen LogP contribution in [0.1, 0.15) is 41.3 Å². The Morgan fingerprint density at radius 3 is 2.33 bits per heavy atom. The van der Waals surface area contributed by atoms with E-state index in [1.54, 1.807) is 24.3 Å². The lowest BCUT2D eigenvalue weighted by Gasteiger charge is -2.18. The highest BCUT2D eigenvalue weighted by Gasteiger charge is 2.23. The fourth-order valence-electron chi connectivity index (χ4n) is 3.68. The Labute approximate surface area is 219 Å². The maximum Gasteiger partial charge on any atom is 0.251 e. The maximum atomic E-state index is 13.2. The van der Waals surface area contributed by atoms with Crippen molar-refractivity contribution in [2.24, 2.45) is 0 Å². The molecule has 2 amide bonds. The van der Waals surface area contributed by atoms with Crippen molar-refractivity contribution in [3.8, 4) is 10.6 Å². The van der Waals surface area contributed by atoms with Crippen LogP contribution in [0.5, 0.6) is 0 Å². The summed E-state index contributed by atoms with van der Waals surface area (Å²) in [6.07, 6.45) is 3.55. The zero-order chi connectivity index (χ0) is 25.3. The average Bonchev–Trinajstić information content (AvgIpc) is 3.36. The van der Waals surface area contributed by atoms with E-state index >= 15 is 0 Å². The SMILES string of the molecule is CCCCc1ccc(C(=O)N[C@@H](Cc2ccccc2)C(=O)Nc2nnc(-c3ccc(Cl)cc3)s2)cc1. The van der Waals surface area contributed by atoms with Gasteiger partial charge < -0.3 is 5.32 Å². The van der Waals surface area contributed by atoms with Crippen molar-refractivity contribution in [2.75, 3.05) is 5.32 Å². The summed E-state index contributed by atoms with van der Waals surface area (Å²) in [6.45, 7) is 2.15. The monoisotopic (exact) mass is 518 g/mol. The molecule has 0 fully saturated rings. The van der Waals surface area contributed by atoms with Crippen LogP contribution in [0.2, 0.25) is 5.02 Å². The van der Waals surface area contributed by atoms with E-state index in [0.717, 1.165) is 30.4 Å². The molecule has 1 heterocycles. The van der Waals surface area contributed by atoms with Gasteiger partial charge in [-0.15, -0.1) is 10.2 Å². The summed E-state index contributed by atoms with van der Waals surface area (Å²) >= 11 is 7.22. The molecule has 0 aliphatic rings. The highest BCUT2D eigenvalue weighted by Crippen LogP contribution is 2.27. The summed E-state index contributed by atoms with van der Waals surface area (Å²) in [5, 5.41) is 15.6. The molecule has 2 N–H and O–H groups in total. The van der Waals surface area contributed by atoms with E-state index in [1.165, 1.54) is 16.9 Å². The van der Waals surface area contributed by atoms with Gasteiger partial charge in [0.2, 0.25) is 11.0 Å². The van der Waals surface area contributed by atoms with E-state index in [4.69, 9.17) is 11.6 Å². The molecule has 0 aliphatic heterocycles. The minimum absolute atomic E-state index is 0.299. The molecule has 0 radical (unpaired) electrons. The van der Waals surface area contributed by atoms with Gasteiger partial charge in [-0.25, -0.2) is 0 Å². The number of aryl methyl sites for hydroxylation is 1. The molecule has 36 heavy (non-hydrogen) atoms. The van der Waals surface area contributed by atoms with Gasteiger partial charge in [-0.3, -0.25) is 14.9 Å². The predicted octanol–water partition coefficient (Wildman–Crippen LogP) is 6.18. The number of halogens is 1. The van der Waals surface area contributed by atoms with Crippen LogP contribution >= 0.6 is 22.9 Å². The second kappa shape index (κ2) is 12.4. The Morgan fingerprint density at radius 2 is 1.64 bits per heavy atom. The number of rotatable bonds is 10. The van der Waals surface area contributed by atoms with E-state index in [9.17, 15) is 9.59 Å². The number of hydrogen-bond acceptors (Lipinski definition) is 5. The van der Waals surface area contributed by atoms with Crippen LogP contribution < -0.4 is 10.6 Å². The molecule has 1 atom stereocenters. The van der Waals surface area contributed by atoms with Crippen LogP contribution in [0.4, 0.5) is 5.13 Å². The van der Waals surface area contributed by atoms with Crippen LogP contribution in [-0.4, -0.2) is 28.1 Å². The topological polar surface area (TPSA) is 84.0 Å². The molecule has 184 valence electrons. The molecule has 6 nitrogen and oxygen atoms in total. The number of benzene rings is 3. The van der Waals surface area contributed by atoms with Crippen molar-refractivity contribution in [1.29, 1.82) is 0 Å². The van der Waals surface area contributed by atoms with E-state index in [0.29, 0.717) is 27.1 Å². The summed E-state index contributed by atoms with van der Waals surface area (Å²) in [5.74, 6) is -0.655. The van der Waals surface area contributed by atoms with E-state index in [-0.39, 0.29) is 11.8 Å². The number of hydrogen-bond donors (Lipinski definition) is 2. The first-order valence-electron chi connectivity index (χ1n) is 11.9. The fourth-order valence-corrected chi connectivity index (χ4v) is 4.56. The van der Waals surface area contributed by atoms with Crippen molar-refractivity contribution in [1.82, 2.24) is 15.5 Å². The number of nitrogens with zero attached hydrogens (tertiary/aromatic N) is 2. The second-order valence-corrected chi connectivity index (χ2v) is 9.84. The fraction of sp³-hybridized carbons (Fsp3) is 0.214. The highest BCUT2D eigenvalue weighted by atomic mass is 35.5. The highest BCUT2D eigenvalue weighted by molar-refractivity contribution is 7.18. The maximum absolute atomic E-state index is 13.2. The number of unbranched alkanes of at least 4 members (excludes halogenated alkanes) is 1. The molecule has 0 unspecified atom stereocenters. The number of carbonyl (C=O) groups excluding carboxylic acids is 2. The quantitative estimate of drug-likeness (QED) is 0.262. The lowest BCUT2D eigenvalue weighted by atomic mass is 10.0. The average molecular weight is 519 g/mol. The zero-order valence-electron chi connectivity index (χ0n) is 19.9. The Bertz CT molecular complexity index is 1290. The van der Waals surface area contributed by atoms with Crippen LogP contribution in [0.15, 0.2) is 78.9 Å². The molecule has 8 heteroatoms. The van der Waals surface area contributed by atoms with Crippen LogP contribution in [-0.2, 0) is 17.6 Å². The Hall–Kier alpha value is -3.55. The number of amides is 2. The Morgan fingerprint density at radius 1 is 0.917 bits per heavy atom. The molecular formula is C28H27ClN4O2S. The van der Waals surface area contributed by atoms with Gasteiger partial charge in [0.1, 0.15) is 11.0 Å². The lowest BCUT2D eigenvalue weighted by Crippen LogP contribution is -2.45. The normalized spacial score (nSPS) is 11.6. The van der Waals surface area contributed by atoms with Crippen LogP contribution in [0.3, 0.4) is 0 Å². The van der Waals surface area contributed by atoms with E-state index in [1.807, 2.05) is 54.6 Å². The summed E-state index contributed by atoms with van der Waals surface area (Å²) in [6, 6.07) is 23.6. The third kappa shape index (κ3) is 6.99. The number of aromatic nitrogens is 2. The van der Waals surface area contributed by atoms with Crippen LogP contribution in [0, 0.1) is 0 Å². The van der Waals surface area contributed by atoms with Crippen molar-refractivity contribution in [3.05, 3.63) is 101 Å². The molecule has 0 spiro atoms. The van der Waals surface area contributed by atoms with Crippen molar-refractivity contribution in [2.45, 2.75) is 38.6 Å². The minimum Gasteiger partial charge on any atom is -0.340 e. The molecule has 3 aromatic carbocycles. The van der Waals surface area contributed by atoms with Crippen molar-refractivity contribution in [3.63, 3.8) is 0 Å². The largest absolute Gasteiger partial charge is 0.340 e. The molecular weight excluding hydrogens is 492 g/mol. The van der Waals surface area contributed by atoms with E-state index < -0.39 is 6.04 Å². The molecule has 4 aromatic rings. The van der Waals surface area contributed by atoms with Crippen LogP contribution in [0.25, 0.3) is 10.6 Å². The Kier molecular flexibility index (Phi) is 8.81. The number of nitrogens with one attached hydrogen (secondary N) is 2. The first-order valence-corrected chi connectivity index (χ1v) is 13.1. The van der Waals surface area contributed by atoms with Gasteiger partial charge in [0.15, 0.2) is 0 Å². The second-order valence-electron chi connectivity index (χ2n) is 8.42. The number of carbonyl (C=O) groups is 2. The van der Waals surface area contributed by atoms with Crippen molar-refractivity contribution >= 4 is 39.9 Å². The Balaban J connectivity index is 1.47. The number of anilines is 1. The third-order valence-electron chi connectivity index (χ3n) is 5.69. The van der Waals surface area contributed by atoms with E-state index in [2.05, 4.69) is 27.8 Å². The first-order chi connectivity index (χ1) is 17.5. The van der Waals surface area contributed by atoms with Gasteiger partial charge in [-0.1, -0.05) is 90.9 Å². The standard InChI is InChI=1S/C28H27ClN4O2S/c1-2-3-7-19-10-12-21(13-11-19)25(34)30-24(18-20-8-5-4-6-9-20)26(35)31-28-33-32-27(36-28)22-14-16-23(29)17-15-22/h4-6,8-17,24H,2-3,7,18H2,1H3,(H,30,34)(H,31,33,35)/t24-/m0/s1. The smallest absolute Gasteiger partial charge is 0.251 e. The third-order valence-corrected chi connectivity index (χ3v) is 6.83. The molecule has 0 saturated carbocycles. The summed E-state index contributed by atoms with van der Waals surface area (Å²) in [4.78, 5) is 26.3. The van der Waals surface area contributed by atoms with Gasteiger partial charge in [0.05, 0.1) is 0 Å². The first kappa shape index (κ1) is 25.5. The lowest BCUT2D eigenvalue weighted by molar-refractivity contribution is -0.118. The molecule has 0 saturated heterocycles. The summed E-state index contributed by atoms with van der Waals surface area (Å²) in [5.41, 5.74) is 3.50. The zero-order valence-corrected chi connectivity index (χ0v) is 21.5. The summed E-state index contributed by atoms with van der Waals surface area (Å²) < 4.78 is 0. The van der Waals surface area contributed by atoms with Gasteiger partial charge in [-0.05, 0) is 48.2 Å². The van der Waals surface area contributed by atoms with Gasteiger partial charge in [0, 0.05) is 22.6 Å². The van der Waals surface area contributed by atoms with Gasteiger partial charge in [0.25, 0.3) is 5.91 Å². The summed E-state index contributed by atoms with van der Waals surface area (Å²) in [7, 11) is 0. The van der Waals surface area contributed by atoms with Gasteiger partial charge in [-0.2, -0.15) is 0 Å². The van der Waals surface area contributed by atoms with Gasteiger partial charge >= 0.3 is 0 Å².